The summed E-state index contributed by atoms with van der Waals surface area (Å²) in [5.41, 5.74) is 1.45. The molecule has 86 valence electrons. The average Bonchev–Trinajstić information content (AvgIpc) is 2.63. The summed E-state index contributed by atoms with van der Waals surface area (Å²) in [7, 11) is 0. The van der Waals surface area contributed by atoms with Crippen molar-refractivity contribution in [3.8, 4) is 5.75 Å². The standard InChI is InChI=1S/C13H16O3/c1-8-5-4-6-10-9(8)7-11(16-10)13(2,3)12(14)15/h4-6,11H,7H2,1-3H3,(H,14,15). The Labute approximate surface area is 95.0 Å². The zero-order chi connectivity index (χ0) is 11.9. The van der Waals surface area contributed by atoms with Crippen molar-refractivity contribution in [2.75, 3.05) is 0 Å². The van der Waals surface area contributed by atoms with Gasteiger partial charge in [0.25, 0.3) is 0 Å². The molecule has 1 heterocycles. The lowest BCUT2D eigenvalue weighted by atomic mass is 9.84. The zero-order valence-electron chi connectivity index (χ0n) is 9.78. The Morgan fingerprint density at radius 2 is 2.19 bits per heavy atom. The number of hydrogen-bond donors (Lipinski definition) is 1. The first kappa shape index (κ1) is 11.0. The summed E-state index contributed by atoms with van der Waals surface area (Å²) < 4.78 is 5.73. The number of aryl methyl sites for hydroxylation is 1. The van der Waals surface area contributed by atoms with Gasteiger partial charge in [-0.3, -0.25) is 4.79 Å². The molecule has 16 heavy (non-hydrogen) atoms. The second kappa shape index (κ2) is 3.51. The van der Waals surface area contributed by atoms with Crippen LogP contribution < -0.4 is 4.74 Å². The van der Waals surface area contributed by atoms with Crippen molar-refractivity contribution >= 4 is 5.97 Å². The monoisotopic (exact) mass is 220 g/mol. The summed E-state index contributed by atoms with van der Waals surface area (Å²) in [5, 5.41) is 9.17. The normalized spacial score (nSPS) is 19.1. The van der Waals surface area contributed by atoms with Crippen molar-refractivity contribution in [1.29, 1.82) is 0 Å². The molecule has 0 saturated heterocycles. The van der Waals surface area contributed by atoms with E-state index in [0.717, 1.165) is 11.3 Å². The van der Waals surface area contributed by atoms with E-state index in [4.69, 9.17) is 9.84 Å². The third-order valence-corrected chi connectivity index (χ3v) is 3.38. The molecule has 1 atom stereocenters. The second-order valence-electron chi connectivity index (χ2n) is 4.89. The van der Waals surface area contributed by atoms with Gasteiger partial charge in [-0.2, -0.15) is 0 Å². The van der Waals surface area contributed by atoms with Crippen molar-refractivity contribution in [2.24, 2.45) is 5.41 Å². The highest BCUT2D eigenvalue weighted by atomic mass is 16.5. The fourth-order valence-corrected chi connectivity index (χ4v) is 1.97. The number of carboxylic acids is 1. The van der Waals surface area contributed by atoms with Gasteiger partial charge in [0.2, 0.25) is 0 Å². The largest absolute Gasteiger partial charge is 0.489 e. The minimum absolute atomic E-state index is 0.277. The number of benzene rings is 1. The lowest BCUT2D eigenvalue weighted by molar-refractivity contribution is -0.151. The molecule has 0 fully saturated rings. The summed E-state index contributed by atoms with van der Waals surface area (Å²) in [5.74, 6) is 0.0160. The van der Waals surface area contributed by atoms with Gasteiger partial charge < -0.3 is 9.84 Å². The summed E-state index contributed by atoms with van der Waals surface area (Å²) in [6.45, 7) is 5.45. The van der Waals surface area contributed by atoms with Crippen LogP contribution in [-0.2, 0) is 11.2 Å². The van der Waals surface area contributed by atoms with Gasteiger partial charge in [0.05, 0.1) is 5.41 Å². The van der Waals surface area contributed by atoms with Crippen LogP contribution in [0.2, 0.25) is 0 Å². The van der Waals surface area contributed by atoms with Crippen LogP contribution in [0, 0.1) is 12.3 Å². The maximum Gasteiger partial charge on any atom is 0.312 e. The van der Waals surface area contributed by atoms with E-state index in [1.165, 1.54) is 5.56 Å². The van der Waals surface area contributed by atoms with Gasteiger partial charge in [0, 0.05) is 12.0 Å². The highest BCUT2D eigenvalue weighted by molar-refractivity contribution is 5.75. The van der Waals surface area contributed by atoms with Crippen LogP contribution in [0.1, 0.15) is 25.0 Å². The Kier molecular flexibility index (Phi) is 2.41. The van der Waals surface area contributed by atoms with E-state index in [1.54, 1.807) is 13.8 Å². The molecule has 0 bridgehead atoms. The lowest BCUT2D eigenvalue weighted by Crippen LogP contribution is -2.40. The molecule has 1 aliphatic heterocycles. The average molecular weight is 220 g/mol. The van der Waals surface area contributed by atoms with Gasteiger partial charge in [0.1, 0.15) is 11.9 Å². The van der Waals surface area contributed by atoms with E-state index in [0.29, 0.717) is 6.42 Å². The van der Waals surface area contributed by atoms with Gasteiger partial charge in [0.15, 0.2) is 0 Å². The minimum atomic E-state index is -0.856. The van der Waals surface area contributed by atoms with E-state index >= 15 is 0 Å². The minimum Gasteiger partial charge on any atom is -0.489 e. The molecular formula is C13H16O3. The van der Waals surface area contributed by atoms with Crippen molar-refractivity contribution in [3.63, 3.8) is 0 Å². The Morgan fingerprint density at radius 1 is 1.50 bits per heavy atom. The Bertz CT molecular complexity index is 435. The van der Waals surface area contributed by atoms with Gasteiger partial charge in [-0.05, 0) is 32.4 Å². The summed E-state index contributed by atoms with van der Waals surface area (Å²) >= 11 is 0. The number of ether oxygens (including phenoxy) is 1. The summed E-state index contributed by atoms with van der Waals surface area (Å²) in [6.07, 6.45) is 0.405. The van der Waals surface area contributed by atoms with Gasteiger partial charge in [-0.1, -0.05) is 12.1 Å². The zero-order valence-corrected chi connectivity index (χ0v) is 9.78. The first-order chi connectivity index (χ1) is 7.43. The third-order valence-electron chi connectivity index (χ3n) is 3.38. The smallest absolute Gasteiger partial charge is 0.312 e. The number of carboxylic acid groups (broad SMARTS) is 1. The topological polar surface area (TPSA) is 46.5 Å². The highest BCUT2D eigenvalue weighted by Crippen LogP contribution is 2.38. The Balaban J connectivity index is 2.30. The molecule has 1 aromatic carbocycles. The molecule has 1 aromatic rings. The number of hydrogen-bond acceptors (Lipinski definition) is 2. The Hall–Kier alpha value is -1.51. The van der Waals surface area contributed by atoms with Crippen LogP contribution in [0.3, 0.4) is 0 Å². The molecule has 0 saturated carbocycles. The van der Waals surface area contributed by atoms with E-state index in [9.17, 15) is 4.79 Å². The van der Waals surface area contributed by atoms with Crippen LogP contribution in [-0.4, -0.2) is 17.2 Å². The molecule has 0 radical (unpaired) electrons. The third kappa shape index (κ3) is 1.56. The summed E-state index contributed by atoms with van der Waals surface area (Å²) in [6, 6.07) is 5.86. The van der Waals surface area contributed by atoms with Gasteiger partial charge in [-0.15, -0.1) is 0 Å². The van der Waals surface area contributed by atoms with Crippen molar-refractivity contribution < 1.29 is 14.6 Å². The van der Waals surface area contributed by atoms with Crippen molar-refractivity contribution in [1.82, 2.24) is 0 Å². The van der Waals surface area contributed by atoms with Gasteiger partial charge >= 0.3 is 5.97 Å². The van der Waals surface area contributed by atoms with Crippen LogP contribution in [0.4, 0.5) is 0 Å². The molecule has 3 nitrogen and oxygen atoms in total. The van der Waals surface area contributed by atoms with Crippen LogP contribution >= 0.6 is 0 Å². The van der Waals surface area contributed by atoms with E-state index < -0.39 is 11.4 Å². The van der Waals surface area contributed by atoms with Crippen LogP contribution in [0.25, 0.3) is 0 Å². The maximum atomic E-state index is 11.2. The van der Waals surface area contributed by atoms with Crippen molar-refractivity contribution in [2.45, 2.75) is 33.3 Å². The highest BCUT2D eigenvalue weighted by Gasteiger charge is 2.42. The molecule has 2 rings (SSSR count). The van der Waals surface area contributed by atoms with E-state index in [-0.39, 0.29) is 6.10 Å². The van der Waals surface area contributed by atoms with Crippen molar-refractivity contribution in [3.05, 3.63) is 29.3 Å². The van der Waals surface area contributed by atoms with Crippen LogP contribution in [0.5, 0.6) is 5.75 Å². The fourth-order valence-electron chi connectivity index (χ4n) is 1.97. The number of aliphatic carboxylic acids is 1. The van der Waals surface area contributed by atoms with Gasteiger partial charge in [-0.25, -0.2) is 0 Å². The maximum absolute atomic E-state index is 11.2. The molecule has 3 heteroatoms. The predicted octanol–water partition coefficient (Wildman–Crippen LogP) is 2.41. The predicted molar refractivity (Wildman–Crippen MR) is 60.7 cm³/mol. The first-order valence-electron chi connectivity index (χ1n) is 5.41. The molecule has 1 N–H and O–H groups in total. The number of fused-ring (bicyclic) bond motifs is 1. The molecule has 1 unspecified atom stereocenters. The van der Waals surface area contributed by atoms with Crippen LogP contribution in [0.15, 0.2) is 18.2 Å². The molecular weight excluding hydrogens is 204 g/mol. The molecule has 0 aliphatic carbocycles. The molecule has 1 aliphatic rings. The Morgan fingerprint density at radius 3 is 2.75 bits per heavy atom. The molecule has 0 aromatic heterocycles. The number of carbonyl (C=O) groups is 1. The molecule has 0 spiro atoms. The first-order valence-corrected chi connectivity index (χ1v) is 5.41. The second-order valence-corrected chi connectivity index (χ2v) is 4.89. The molecule has 0 amide bonds. The summed E-state index contributed by atoms with van der Waals surface area (Å²) in [4.78, 5) is 11.2. The quantitative estimate of drug-likeness (QED) is 0.832. The lowest BCUT2D eigenvalue weighted by Gasteiger charge is -2.26. The van der Waals surface area contributed by atoms with E-state index in [2.05, 4.69) is 0 Å². The SMILES string of the molecule is Cc1cccc2c1CC(C(C)(C)C(=O)O)O2. The number of rotatable bonds is 2. The fraction of sp³-hybridized carbons (Fsp3) is 0.462. The van der Waals surface area contributed by atoms with E-state index in [1.807, 2.05) is 25.1 Å².